The Morgan fingerprint density at radius 1 is 1.00 bits per heavy atom. The number of nitrogens with two attached hydrogens (primary N) is 1. The molecule has 1 aromatic carbocycles. The SMILES string of the molecule is NC(c1ccccc1)c1ccc(N2CCNCC2)nc1. The minimum absolute atomic E-state index is 0.110. The summed E-state index contributed by atoms with van der Waals surface area (Å²) >= 11 is 0. The molecule has 0 saturated carbocycles. The first-order valence-corrected chi connectivity index (χ1v) is 7.07. The minimum atomic E-state index is -0.110. The number of anilines is 1. The van der Waals surface area contributed by atoms with Crippen molar-refractivity contribution in [2.75, 3.05) is 31.1 Å². The summed E-state index contributed by atoms with van der Waals surface area (Å²) < 4.78 is 0. The summed E-state index contributed by atoms with van der Waals surface area (Å²) in [5.41, 5.74) is 8.45. The lowest BCUT2D eigenvalue weighted by Crippen LogP contribution is -2.43. The molecule has 3 N–H and O–H groups in total. The number of benzene rings is 1. The number of hydrogen-bond acceptors (Lipinski definition) is 4. The molecule has 1 atom stereocenters. The number of aromatic nitrogens is 1. The van der Waals surface area contributed by atoms with Gasteiger partial charge in [-0.05, 0) is 17.2 Å². The molecule has 3 rings (SSSR count). The molecule has 4 heteroatoms. The maximum Gasteiger partial charge on any atom is 0.128 e. The predicted octanol–water partition coefficient (Wildman–Crippen LogP) is 1.54. The van der Waals surface area contributed by atoms with Gasteiger partial charge in [-0.25, -0.2) is 4.98 Å². The third-order valence-electron chi connectivity index (χ3n) is 3.73. The molecule has 1 aliphatic rings. The maximum atomic E-state index is 6.28. The fraction of sp³-hybridized carbons (Fsp3) is 0.312. The Kier molecular flexibility index (Phi) is 3.95. The second-order valence-electron chi connectivity index (χ2n) is 5.08. The first kappa shape index (κ1) is 13.1. The lowest BCUT2D eigenvalue weighted by Gasteiger charge is -2.28. The van der Waals surface area contributed by atoms with Crippen molar-refractivity contribution in [2.24, 2.45) is 5.73 Å². The number of pyridine rings is 1. The summed E-state index contributed by atoms with van der Waals surface area (Å²) in [5.74, 6) is 1.04. The molecule has 1 unspecified atom stereocenters. The number of hydrogen-bond donors (Lipinski definition) is 2. The van der Waals surface area contributed by atoms with Crippen LogP contribution in [-0.4, -0.2) is 31.2 Å². The Morgan fingerprint density at radius 3 is 2.40 bits per heavy atom. The molecule has 0 bridgehead atoms. The third-order valence-corrected chi connectivity index (χ3v) is 3.73. The summed E-state index contributed by atoms with van der Waals surface area (Å²) in [6, 6.07) is 14.2. The minimum Gasteiger partial charge on any atom is -0.354 e. The Hall–Kier alpha value is -1.91. The number of rotatable bonds is 3. The number of nitrogens with one attached hydrogen (secondary N) is 1. The van der Waals surface area contributed by atoms with Gasteiger partial charge in [-0.1, -0.05) is 36.4 Å². The van der Waals surface area contributed by atoms with E-state index in [1.54, 1.807) is 0 Å². The van der Waals surface area contributed by atoms with Gasteiger partial charge in [0.15, 0.2) is 0 Å². The highest BCUT2D eigenvalue weighted by Crippen LogP contribution is 2.20. The molecule has 1 fully saturated rings. The normalized spacial score (nSPS) is 16.9. The molecule has 104 valence electrons. The van der Waals surface area contributed by atoms with Crippen molar-refractivity contribution in [3.05, 3.63) is 59.8 Å². The van der Waals surface area contributed by atoms with E-state index >= 15 is 0 Å². The van der Waals surface area contributed by atoms with Crippen LogP contribution in [0.2, 0.25) is 0 Å². The van der Waals surface area contributed by atoms with Gasteiger partial charge in [-0.15, -0.1) is 0 Å². The highest BCUT2D eigenvalue weighted by atomic mass is 15.2. The van der Waals surface area contributed by atoms with Crippen molar-refractivity contribution in [3.8, 4) is 0 Å². The highest BCUT2D eigenvalue weighted by Gasteiger charge is 2.13. The standard InChI is InChI=1S/C16H20N4/c17-16(13-4-2-1-3-5-13)14-6-7-15(19-12-14)20-10-8-18-9-11-20/h1-7,12,16,18H,8-11,17H2. The summed E-state index contributed by atoms with van der Waals surface area (Å²) in [4.78, 5) is 6.87. The smallest absolute Gasteiger partial charge is 0.128 e. The molecule has 0 amide bonds. The van der Waals surface area contributed by atoms with E-state index in [9.17, 15) is 0 Å². The molecule has 0 spiro atoms. The molecule has 1 aliphatic heterocycles. The second kappa shape index (κ2) is 6.03. The van der Waals surface area contributed by atoms with Crippen LogP contribution >= 0.6 is 0 Å². The first-order valence-electron chi connectivity index (χ1n) is 7.07. The van der Waals surface area contributed by atoms with E-state index in [4.69, 9.17) is 5.73 Å². The highest BCUT2D eigenvalue weighted by molar-refractivity contribution is 5.41. The van der Waals surface area contributed by atoms with E-state index in [-0.39, 0.29) is 6.04 Å². The quantitative estimate of drug-likeness (QED) is 0.886. The average molecular weight is 268 g/mol. The van der Waals surface area contributed by atoms with Gasteiger partial charge < -0.3 is 16.0 Å². The van der Waals surface area contributed by atoms with Crippen LogP contribution in [0.3, 0.4) is 0 Å². The molecule has 20 heavy (non-hydrogen) atoms. The predicted molar refractivity (Wildman–Crippen MR) is 81.8 cm³/mol. The zero-order chi connectivity index (χ0) is 13.8. The lowest BCUT2D eigenvalue weighted by atomic mass is 10.0. The van der Waals surface area contributed by atoms with Crippen LogP contribution in [0.15, 0.2) is 48.7 Å². The Morgan fingerprint density at radius 2 is 1.75 bits per heavy atom. The van der Waals surface area contributed by atoms with Crippen LogP contribution in [0.4, 0.5) is 5.82 Å². The zero-order valence-electron chi connectivity index (χ0n) is 11.5. The van der Waals surface area contributed by atoms with Crippen molar-refractivity contribution in [1.29, 1.82) is 0 Å². The number of nitrogens with zero attached hydrogens (tertiary/aromatic N) is 2. The fourth-order valence-corrected chi connectivity index (χ4v) is 2.52. The molecule has 0 aliphatic carbocycles. The Balaban J connectivity index is 1.75. The van der Waals surface area contributed by atoms with Gasteiger partial charge in [0.25, 0.3) is 0 Å². The van der Waals surface area contributed by atoms with Crippen molar-refractivity contribution in [2.45, 2.75) is 6.04 Å². The monoisotopic (exact) mass is 268 g/mol. The van der Waals surface area contributed by atoms with Crippen molar-refractivity contribution < 1.29 is 0 Å². The van der Waals surface area contributed by atoms with E-state index in [0.29, 0.717) is 0 Å². The van der Waals surface area contributed by atoms with Crippen LogP contribution in [0.1, 0.15) is 17.2 Å². The van der Waals surface area contributed by atoms with Crippen LogP contribution in [0, 0.1) is 0 Å². The summed E-state index contributed by atoms with van der Waals surface area (Å²) in [6.07, 6.45) is 1.90. The van der Waals surface area contributed by atoms with E-state index in [1.807, 2.05) is 24.4 Å². The number of piperazine rings is 1. The molecule has 4 nitrogen and oxygen atoms in total. The van der Waals surface area contributed by atoms with Gasteiger partial charge in [0.05, 0.1) is 6.04 Å². The zero-order valence-corrected chi connectivity index (χ0v) is 11.5. The van der Waals surface area contributed by atoms with Gasteiger partial charge in [-0.2, -0.15) is 0 Å². The average Bonchev–Trinajstić information content (AvgIpc) is 2.56. The van der Waals surface area contributed by atoms with Crippen molar-refractivity contribution >= 4 is 5.82 Å². The van der Waals surface area contributed by atoms with Crippen LogP contribution in [0.25, 0.3) is 0 Å². The third kappa shape index (κ3) is 2.81. The fourth-order valence-electron chi connectivity index (χ4n) is 2.52. The summed E-state index contributed by atoms with van der Waals surface area (Å²) in [6.45, 7) is 4.06. The van der Waals surface area contributed by atoms with Gasteiger partial charge >= 0.3 is 0 Å². The summed E-state index contributed by atoms with van der Waals surface area (Å²) in [7, 11) is 0. The second-order valence-corrected chi connectivity index (χ2v) is 5.08. The van der Waals surface area contributed by atoms with Crippen LogP contribution in [0.5, 0.6) is 0 Å². The first-order chi connectivity index (χ1) is 9.84. The van der Waals surface area contributed by atoms with Crippen molar-refractivity contribution in [1.82, 2.24) is 10.3 Å². The van der Waals surface area contributed by atoms with Crippen LogP contribution < -0.4 is 16.0 Å². The molecule has 1 aromatic heterocycles. The largest absolute Gasteiger partial charge is 0.354 e. The van der Waals surface area contributed by atoms with E-state index < -0.39 is 0 Å². The van der Waals surface area contributed by atoms with Gasteiger partial charge in [0.2, 0.25) is 0 Å². The van der Waals surface area contributed by atoms with E-state index in [2.05, 4.69) is 39.5 Å². The van der Waals surface area contributed by atoms with Gasteiger partial charge in [-0.3, -0.25) is 0 Å². The molecular formula is C16H20N4. The van der Waals surface area contributed by atoms with E-state index in [1.165, 1.54) is 0 Å². The Labute approximate surface area is 119 Å². The Bertz CT molecular complexity index is 532. The topological polar surface area (TPSA) is 54.2 Å². The summed E-state index contributed by atoms with van der Waals surface area (Å²) in [5, 5.41) is 3.35. The molecule has 1 saturated heterocycles. The maximum absolute atomic E-state index is 6.28. The van der Waals surface area contributed by atoms with Crippen LogP contribution in [-0.2, 0) is 0 Å². The van der Waals surface area contributed by atoms with Crippen molar-refractivity contribution in [3.63, 3.8) is 0 Å². The molecule has 2 aromatic rings. The molecule has 0 radical (unpaired) electrons. The van der Waals surface area contributed by atoms with E-state index in [0.717, 1.165) is 43.1 Å². The lowest BCUT2D eigenvalue weighted by molar-refractivity contribution is 0.585. The molecular weight excluding hydrogens is 248 g/mol. The van der Waals surface area contributed by atoms with Gasteiger partial charge in [0, 0.05) is 32.4 Å². The molecule has 2 heterocycles. The van der Waals surface area contributed by atoms with Gasteiger partial charge in [0.1, 0.15) is 5.82 Å².